The molecule has 1 aliphatic carbocycles. The number of hydrogen-bond donors (Lipinski definition) is 0. The fraction of sp³-hybridized carbons (Fsp3) is 0.455. The first-order valence-electron chi connectivity index (χ1n) is 4.86. The average Bonchev–Trinajstić information content (AvgIpc) is 2.85. The van der Waals surface area contributed by atoms with Crippen molar-refractivity contribution in [1.82, 2.24) is 0 Å². The molecule has 1 aromatic carbocycles. The predicted molar refractivity (Wildman–Crippen MR) is 52.3 cm³/mol. The molecular formula is C11H10ClF3. The maximum atomic E-state index is 13.3. The van der Waals surface area contributed by atoms with Gasteiger partial charge in [-0.05, 0) is 12.3 Å². The van der Waals surface area contributed by atoms with Crippen LogP contribution in [0.15, 0.2) is 12.1 Å². The van der Waals surface area contributed by atoms with Crippen LogP contribution in [0.5, 0.6) is 0 Å². The van der Waals surface area contributed by atoms with Gasteiger partial charge in [0.05, 0.1) is 5.38 Å². The highest BCUT2D eigenvalue weighted by atomic mass is 35.5. The van der Waals surface area contributed by atoms with Gasteiger partial charge in [0.1, 0.15) is 17.5 Å². The number of rotatable bonds is 3. The Bertz CT molecular complexity index is 351. The van der Waals surface area contributed by atoms with Gasteiger partial charge in [0, 0.05) is 17.7 Å². The van der Waals surface area contributed by atoms with Crippen molar-refractivity contribution in [3.63, 3.8) is 0 Å². The summed E-state index contributed by atoms with van der Waals surface area (Å²) in [4.78, 5) is 0. The molecule has 1 atom stereocenters. The van der Waals surface area contributed by atoms with Crippen molar-refractivity contribution in [2.75, 3.05) is 0 Å². The summed E-state index contributed by atoms with van der Waals surface area (Å²) < 4.78 is 39.2. The van der Waals surface area contributed by atoms with Crippen molar-refractivity contribution >= 4 is 11.6 Å². The summed E-state index contributed by atoms with van der Waals surface area (Å²) in [5.41, 5.74) is -0.204. The summed E-state index contributed by atoms with van der Waals surface area (Å²) in [6.07, 6.45) is 2.68. The number of alkyl halides is 1. The highest BCUT2D eigenvalue weighted by molar-refractivity contribution is 6.20. The lowest BCUT2D eigenvalue weighted by molar-refractivity contribution is 0.513. The molecule has 82 valence electrons. The summed E-state index contributed by atoms with van der Waals surface area (Å²) in [6.45, 7) is 0. The van der Waals surface area contributed by atoms with Gasteiger partial charge in [-0.25, -0.2) is 13.2 Å². The molecule has 0 radical (unpaired) electrons. The normalized spacial score (nSPS) is 17.9. The van der Waals surface area contributed by atoms with Gasteiger partial charge in [0.15, 0.2) is 0 Å². The van der Waals surface area contributed by atoms with Gasteiger partial charge >= 0.3 is 0 Å². The molecule has 4 heteroatoms. The van der Waals surface area contributed by atoms with Gasteiger partial charge in [-0.15, -0.1) is 11.6 Å². The van der Waals surface area contributed by atoms with E-state index in [9.17, 15) is 13.2 Å². The number of halogens is 4. The van der Waals surface area contributed by atoms with Gasteiger partial charge in [0.25, 0.3) is 0 Å². The Labute approximate surface area is 91.1 Å². The third kappa shape index (κ3) is 2.46. The fourth-order valence-electron chi connectivity index (χ4n) is 1.62. The molecule has 1 fully saturated rings. The maximum Gasteiger partial charge on any atom is 0.133 e. The van der Waals surface area contributed by atoms with E-state index in [1.165, 1.54) is 0 Å². The maximum absolute atomic E-state index is 13.3. The smallest absolute Gasteiger partial charge is 0.133 e. The second-order valence-corrected chi connectivity index (χ2v) is 4.46. The molecule has 0 spiro atoms. The van der Waals surface area contributed by atoms with Crippen LogP contribution in [-0.4, -0.2) is 0 Å². The minimum absolute atomic E-state index is 0.204. The van der Waals surface area contributed by atoms with Crippen LogP contribution in [0.2, 0.25) is 0 Å². The molecule has 0 heterocycles. The van der Waals surface area contributed by atoms with E-state index >= 15 is 0 Å². The van der Waals surface area contributed by atoms with Crippen LogP contribution in [-0.2, 0) is 0 Å². The van der Waals surface area contributed by atoms with Gasteiger partial charge in [-0.1, -0.05) is 12.8 Å². The lowest BCUT2D eigenvalue weighted by atomic mass is 10.1. The van der Waals surface area contributed by atoms with Crippen molar-refractivity contribution in [2.24, 2.45) is 5.92 Å². The summed E-state index contributed by atoms with van der Waals surface area (Å²) in [5.74, 6) is -2.23. The molecular weight excluding hydrogens is 225 g/mol. The Morgan fingerprint density at radius 2 is 1.73 bits per heavy atom. The van der Waals surface area contributed by atoms with Crippen LogP contribution in [0.25, 0.3) is 0 Å². The van der Waals surface area contributed by atoms with E-state index in [1.54, 1.807) is 0 Å². The first-order chi connectivity index (χ1) is 7.08. The van der Waals surface area contributed by atoms with Gasteiger partial charge < -0.3 is 0 Å². The Balaban J connectivity index is 2.24. The molecule has 0 N–H and O–H groups in total. The van der Waals surface area contributed by atoms with E-state index in [2.05, 4.69) is 0 Å². The van der Waals surface area contributed by atoms with Crippen LogP contribution in [0.1, 0.15) is 30.2 Å². The third-order valence-electron chi connectivity index (χ3n) is 2.59. The molecule has 0 aliphatic heterocycles. The Kier molecular flexibility index (Phi) is 2.91. The molecule has 1 unspecified atom stereocenters. The van der Waals surface area contributed by atoms with Crippen molar-refractivity contribution in [2.45, 2.75) is 24.6 Å². The van der Waals surface area contributed by atoms with E-state index in [1.807, 2.05) is 0 Å². The highest BCUT2D eigenvalue weighted by Gasteiger charge is 2.28. The van der Waals surface area contributed by atoms with Crippen molar-refractivity contribution in [1.29, 1.82) is 0 Å². The highest BCUT2D eigenvalue weighted by Crippen LogP contribution is 2.41. The zero-order valence-corrected chi connectivity index (χ0v) is 8.70. The second-order valence-electron chi connectivity index (χ2n) is 3.93. The topological polar surface area (TPSA) is 0 Å². The van der Waals surface area contributed by atoms with Crippen LogP contribution in [0.4, 0.5) is 13.2 Å². The standard InChI is InChI=1S/C11H10ClF3/c12-8(3-6-1-2-6)11-9(14)4-7(13)5-10(11)15/h4-6,8H,1-3H2. The molecule has 2 rings (SSSR count). The average molecular weight is 235 g/mol. The predicted octanol–water partition coefficient (Wildman–Crippen LogP) is 4.18. The summed E-state index contributed by atoms with van der Waals surface area (Å²) in [7, 11) is 0. The molecule has 1 saturated carbocycles. The van der Waals surface area contributed by atoms with E-state index < -0.39 is 22.8 Å². The first-order valence-corrected chi connectivity index (χ1v) is 5.30. The first kappa shape index (κ1) is 10.8. The molecule has 1 aliphatic rings. The van der Waals surface area contributed by atoms with Gasteiger partial charge in [-0.3, -0.25) is 0 Å². The zero-order chi connectivity index (χ0) is 11.0. The summed E-state index contributed by atoms with van der Waals surface area (Å²) in [5, 5.41) is -0.696. The van der Waals surface area contributed by atoms with Crippen LogP contribution in [0, 0.1) is 23.4 Å². The molecule has 0 aromatic heterocycles. The lowest BCUT2D eigenvalue weighted by Gasteiger charge is -2.11. The molecule has 0 saturated heterocycles. The monoisotopic (exact) mass is 234 g/mol. The summed E-state index contributed by atoms with van der Waals surface area (Å²) in [6, 6.07) is 1.33. The van der Waals surface area contributed by atoms with Crippen LogP contribution >= 0.6 is 11.6 Å². The Hall–Kier alpha value is -0.700. The van der Waals surface area contributed by atoms with E-state index in [-0.39, 0.29) is 5.56 Å². The van der Waals surface area contributed by atoms with Gasteiger partial charge in [-0.2, -0.15) is 0 Å². The molecule has 15 heavy (non-hydrogen) atoms. The van der Waals surface area contributed by atoms with Crippen molar-refractivity contribution in [3.05, 3.63) is 35.1 Å². The summed E-state index contributed by atoms with van der Waals surface area (Å²) >= 11 is 5.90. The van der Waals surface area contributed by atoms with Crippen LogP contribution < -0.4 is 0 Å². The lowest BCUT2D eigenvalue weighted by Crippen LogP contribution is -2.01. The van der Waals surface area contributed by atoms with Crippen molar-refractivity contribution in [3.8, 4) is 0 Å². The Morgan fingerprint density at radius 3 is 2.20 bits per heavy atom. The van der Waals surface area contributed by atoms with E-state index in [0.717, 1.165) is 12.8 Å². The number of hydrogen-bond acceptors (Lipinski definition) is 0. The fourth-order valence-corrected chi connectivity index (χ4v) is 2.08. The minimum Gasteiger partial charge on any atom is -0.207 e. The van der Waals surface area contributed by atoms with Crippen LogP contribution in [0.3, 0.4) is 0 Å². The SMILES string of the molecule is Fc1cc(F)c(C(Cl)CC2CC2)c(F)c1. The minimum atomic E-state index is -0.913. The van der Waals surface area contributed by atoms with Gasteiger partial charge in [0.2, 0.25) is 0 Å². The molecule has 0 amide bonds. The van der Waals surface area contributed by atoms with E-state index in [0.29, 0.717) is 24.5 Å². The third-order valence-corrected chi connectivity index (χ3v) is 2.99. The zero-order valence-electron chi connectivity index (χ0n) is 7.94. The largest absolute Gasteiger partial charge is 0.207 e. The molecule has 0 bridgehead atoms. The molecule has 1 aromatic rings. The Morgan fingerprint density at radius 1 is 1.20 bits per heavy atom. The quantitative estimate of drug-likeness (QED) is 0.688. The van der Waals surface area contributed by atoms with E-state index in [4.69, 9.17) is 11.6 Å². The molecule has 0 nitrogen and oxygen atoms in total. The van der Waals surface area contributed by atoms with Crippen molar-refractivity contribution < 1.29 is 13.2 Å². The second kappa shape index (κ2) is 4.05. The number of benzene rings is 1.